The molecule has 7 nitrogen and oxygen atoms in total. The van der Waals surface area contributed by atoms with E-state index in [1.54, 1.807) is 36.4 Å². The zero-order valence-electron chi connectivity index (χ0n) is 15.5. The third-order valence-electron chi connectivity index (χ3n) is 3.81. The van der Waals surface area contributed by atoms with Crippen LogP contribution in [0.4, 0.5) is 5.69 Å². The largest absolute Gasteiger partial charge is 0.497 e. The Balaban J connectivity index is 2.16. The van der Waals surface area contributed by atoms with E-state index < -0.39 is 15.9 Å². The van der Waals surface area contributed by atoms with Crippen molar-refractivity contribution in [3.05, 3.63) is 52.0 Å². The van der Waals surface area contributed by atoms with Crippen LogP contribution in [0.3, 0.4) is 0 Å². The van der Waals surface area contributed by atoms with Gasteiger partial charge in [0.1, 0.15) is 11.5 Å². The van der Waals surface area contributed by atoms with Crippen LogP contribution in [0, 0.1) is 0 Å². The normalized spacial score (nSPS) is 11.4. The molecule has 1 amide bonds. The van der Waals surface area contributed by atoms with Crippen LogP contribution in [0.1, 0.15) is 5.56 Å². The van der Waals surface area contributed by atoms with E-state index in [-0.39, 0.29) is 13.1 Å². The molecule has 152 valence electrons. The predicted molar refractivity (Wildman–Crippen MR) is 110 cm³/mol. The molecular weight excluding hydrogens is 427 g/mol. The molecule has 0 aromatic heterocycles. The Morgan fingerprint density at radius 3 is 2.36 bits per heavy atom. The Morgan fingerprint density at radius 1 is 1.07 bits per heavy atom. The van der Waals surface area contributed by atoms with Crippen LogP contribution in [0.2, 0.25) is 10.0 Å². The number of hydrogen-bond acceptors (Lipinski definition) is 5. The second kappa shape index (κ2) is 9.47. The van der Waals surface area contributed by atoms with Crippen molar-refractivity contribution in [2.75, 3.05) is 32.3 Å². The summed E-state index contributed by atoms with van der Waals surface area (Å²) in [5.41, 5.74) is 1.01. The van der Waals surface area contributed by atoms with Gasteiger partial charge in [-0.15, -0.1) is 0 Å². The molecule has 2 rings (SSSR count). The summed E-state index contributed by atoms with van der Waals surface area (Å²) in [4.78, 5) is 12.5. The van der Waals surface area contributed by atoms with Crippen molar-refractivity contribution in [2.24, 2.45) is 0 Å². The smallest absolute Gasteiger partial charge is 0.239 e. The summed E-state index contributed by atoms with van der Waals surface area (Å²) in [7, 11) is -0.685. The first-order valence-electron chi connectivity index (χ1n) is 8.05. The summed E-state index contributed by atoms with van der Waals surface area (Å²) in [5, 5.41) is 3.32. The number of benzene rings is 2. The Bertz CT molecular complexity index is 966. The van der Waals surface area contributed by atoms with Crippen LogP contribution in [-0.4, -0.2) is 45.7 Å². The predicted octanol–water partition coefficient (Wildman–Crippen LogP) is 3.41. The summed E-state index contributed by atoms with van der Waals surface area (Å²) in [6.45, 7) is -0.406. The lowest BCUT2D eigenvalue weighted by Gasteiger charge is -2.20. The zero-order valence-corrected chi connectivity index (χ0v) is 17.9. The highest BCUT2D eigenvalue weighted by Gasteiger charge is 2.21. The maximum Gasteiger partial charge on any atom is 0.239 e. The highest BCUT2D eigenvalue weighted by Crippen LogP contribution is 2.29. The monoisotopic (exact) mass is 446 g/mol. The first kappa shape index (κ1) is 22.3. The second-order valence-corrected chi connectivity index (χ2v) is 8.69. The van der Waals surface area contributed by atoms with Gasteiger partial charge >= 0.3 is 0 Å². The fourth-order valence-corrected chi connectivity index (χ4v) is 3.44. The first-order valence-corrected chi connectivity index (χ1v) is 10.7. The first-order chi connectivity index (χ1) is 13.1. The molecule has 0 unspecified atom stereocenters. The third-order valence-corrected chi connectivity index (χ3v) is 5.75. The van der Waals surface area contributed by atoms with Crippen molar-refractivity contribution in [3.63, 3.8) is 0 Å². The topological polar surface area (TPSA) is 84.9 Å². The van der Waals surface area contributed by atoms with E-state index in [9.17, 15) is 13.2 Å². The number of sulfonamides is 1. The Kier molecular flexibility index (Phi) is 7.54. The van der Waals surface area contributed by atoms with Crippen LogP contribution in [0.15, 0.2) is 36.4 Å². The number of nitrogens with one attached hydrogen (secondary N) is 1. The van der Waals surface area contributed by atoms with Gasteiger partial charge in [-0.05, 0) is 29.8 Å². The molecule has 0 atom stereocenters. The molecule has 0 saturated heterocycles. The quantitative estimate of drug-likeness (QED) is 0.671. The number of methoxy groups -OCH3 is 2. The molecule has 0 saturated carbocycles. The molecule has 0 bridgehead atoms. The van der Waals surface area contributed by atoms with Crippen molar-refractivity contribution in [2.45, 2.75) is 6.54 Å². The van der Waals surface area contributed by atoms with E-state index in [1.807, 2.05) is 0 Å². The van der Waals surface area contributed by atoms with E-state index in [0.717, 1.165) is 10.6 Å². The average molecular weight is 447 g/mol. The Hall–Kier alpha value is -2.00. The number of rotatable bonds is 8. The molecular formula is C18H20Cl2N2O5S. The van der Waals surface area contributed by atoms with Crippen molar-refractivity contribution >= 4 is 44.8 Å². The van der Waals surface area contributed by atoms with Crippen molar-refractivity contribution in [1.29, 1.82) is 0 Å². The Morgan fingerprint density at radius 2 is 1.79 bits per heavy atom. The van der Waals surface area contributed by atoms with Crippen molar-refractivity contribution in [3.8, 4) is 11.5 Å². The summed E-state index contributed by atoms with van der Waals surface area (Å²) < 4.78 is 35.6. The van der Waals surface area contributed by atoms with Gasteiger partial charge in [-0.1, -0.05) is 29.3 Å². The minimum atomic E-state index is -3.65. The Labute approximate surface area is 174 Å². The van der Waals surface area contributed by atoms with E-state index >= 15 is 0 Å². The van der Waals surface area contributed by atoms with Gasteiger partial charge < -0.3 is 14.8 Å². The lowest BCUT2D eigenvalue weighted by molar-refractivity contribution is -0.116. The molecule has 0 spiro atoms. The van der Waals surface area contributed by atoms with Gasteiger partial charge in [-0.3, -0.25) is 4.79 Å². The van der Waals surface area contributed by atoms with Gasteiger partial charge in [0.05, 0.1) is 42.8 Å². The third kappa shape index (κ3) is 6.00. The number of carbonyl (C=O) groups is 1. The van der Waals surface area contributed by atoms with Gasteiger partial charge in [0.2, 0.25) is 15.9 Å². The number of hydrogen-bond donors (Lipinski definition) is 1. The van der Waals surface area contributed by atoms with Crippen molar-refractivity contribution in [1.82, 2.24) is 4.31 Å². The highest BCUT2D eigenvalue weighted by molar-refractivity contribution is 7.88. The molecule has 28 heavy (non-hydrogen) atoms. The maximum atomic E-state index is 12.5. The van der Waals surface area contributed by atoms with Crippen LogP contribution < -0.4 is 14.8 Å². The molecule has 0 aliphatic carbocycles. The number of amides is 1. The molecule has 0 radical (unpaired) electrons. The standard InChI is InChI=1S/C18H20Cl2N2O5S/c1-26-13-5-7-16(17(9-13)27-2)21-18(23)11-22(28(3,24)25)10-12-4-6-14(19)15(20)8-12/h4-9H,10-11H2,1-3H3,(H,21,23). The van der Waals surface area contributed by atoms with E-state index in [4.69, 9.17) is 32.7 Å². The molecule has 0 aliphatic heterocycles. The summed E-state index contributed by atoms with van der Waals surface area (Å²) in [6.07, 6.45) is 1.03. The lowest BCUT2D eigenvalue weighted by Crippen LogP contribution is -2.36. The van der Waals surface area contributed by atoms with Crippen LogP contribution >= 0.6 is 23.2 Å². The molecule has 2 aromatic carbocycles. The molecule has 0 heterocycles. The SMILES string of the molecule is COc1ccc(NC(=O)CN(Cc2ccc(Cl)c(Cl)c2)S(C)(=O)=O)c(OC)c1. The van der Waals surface area contributed by atoms with Crippen LogP contribution in [0.25, 0.3) is 0 Å². The number of ether oxygens (including phenoxy) is 2. The molecule has 1 N–H and O–H groups in total. The van der Waals surface area contributed by atoms with Crippen LogP contribution in [-0.2, 0) is 21.4 Å². The minimum absolute atomic E-state index is 0.0249. The van der Waals surface area contributed by atoms with Crippen LogP contribution in [0.5, 0.6) is 11.5 Å². The van der Waals surface area contributed by atoms with Gasteiger partial charge in [0.25, 0.3) is 0 Å². The number of halogens is 2. The van der Waals surface area contributed by atoms with Gasteiger partial charge in [0, 0.05) is 12.6 Å². The van der Waals surface area contributed by atoms with Crippen molar-refractivity contribution < 1.29 is 22.7 Å². The number of anilines is 1. The summed E-state index contributed by atoms with van der Waals surface area (Å²) in [5.74, 6) is 0.435. The number of nitrogens with zero attached hydrogens (tertiary/aromatic N) is 1. The molecule has 0 fully saturated rings. The average Bonchev–Trinajstić information content (AvgIpc) is 2.63. The lowest BCUT2D eigenvalue weighted by atomic mass is 10.2. The van der Waals surface area contributed by atoms with E-state index in [1.165, 1.54) is 14.2 Å². The molecule has 10 heteroatoms. The number of carbonyl (C=O) groups excluding carboxylic acids is 1. The van der Waals surface area contributed by atoms with E-state index in [2.05, 4.69) is 5.32 Å². The van der Waals surface area contributed by atoms with E-state index in [0.29, 0.717) is 32.8 Å². The minimum Gasteiger partial charge on any atom is -0.497 e. The zero-order chi connectivity index (χ0) is 20.9. The second-order valence-electron chi connectivity index (χ2n) is 5.89. The molecule has 0 aliphatic rings. The summed E-state index contributed by atoms with van der Waals surface area (Å²) in [6, 6.07) is 9.66. The highest BCUT2D eigenvalue weighted by atomic mass is 35.5. The van der Waals surface area contributed by atoms with Gasteiger partial charge in [0.15, 0.2) is 0 Å². The maximum absolute atomic E-state index is 12.5. The molecule has 2 aromatic rings. The van der Waals surface area contributed by atoms with Gasteiger partial charge in [-0.2, -0.15) is 4.31 Å². The fraction of sp³-hybridized carbons (Fsp3) is 0.278. The van der Waals surface area contributed by atoms with Gasteiger partial charge in [-0.25, -0.2) is 8.42 Å². The fourth-order valence-electron chi connectivity index (χ4n) is 2.38. The summed E-state index contributed by atoms with van der Waals surface area (Å²) >= 11 is 11.9.